The van der Waals surface area contributed by atoms with Crippen LogP contribution in [0, 0.1) is 5.92 Å². The number of nitrogens with zero attached hydrogens (tertiary/aromatic N) is 1. The molecule has 0 radical (unpaired) electrons. The number of hydrogen-bond acceptors (Lipinski definition) is 5. The highest BCUT2D eigenvalue weighted by Crippen LogP contribution is 2.27. The van der Waals surface area contributed by atoms with Gasteiger partial charge in [0.05, 0.1) is 33.7 Å². The zero-order valence-electron chi connectivity index (χ0n) is 20.2. The molecule has 0 heterocycles. The van der Waals surface area contributed by atoms with Crippen LogP contribution in [0.5, 0.6) is 0 Å². The Morgan fingerprint density at radius 3 is 2.34 bits per heavy atom. The monoisotopic (exact) mass is 541 g/mol. The van der Waals surface area contributed by atoms with Crippen LogP contribution in [0.15, 0.2) is 53.4 Å². The van der Waals surface area contributed by atoms with Crippen molar-refractivity contribution in [2.75, 3.05) is 26.0 Å². The number of amides is 1. The molecule has 2 aromatic carbocycles. The van der Waals surface area contributed by atoms with Gasteiger partial charge in [-0.2, -0.15) is 0 Å². The van der Waals surface area contributed by atoms with Gasteiger partial charge in [-0.05, 0) is 43.0 Å². The Balaban J connectivity index is 2.27. The number of esters is 1. The van der Waals surface area contributed by atoms with E-state index < -0.39 is 27.5 Å². The first-order valence-corrected chi connectivity index (χ1v) is 14.2. The summed E-state index contributed by atoms with van der Waals surface area (Å²) in [5, 5.41) is 0.362. The molecule has 0 fully saturated rings. The van der Waals surface area contributed by atoms with E-state index in [0.717, 1.165) is 24.8 Å². The van der Waals surface area contributed by atoms with Gasteiger partial charge in [0.25, 0.3) is 0 Å². The summed E-state index contributed by atoms with van der Waals surface area (Å²) in [5.74, 6) is -2.09. The summed E-state index contributed by atoms with van der Waals surface area (Å²) in [6, 6.07) is 13.9. The third-order valence-electron chi connectivity index (χ3n) is 5.80. The lowest BCUT2D eigenvalue weighted by atomic mass is 10.0. The van der Waals surface area contributed by atoms with Crippen LogP contribution in [0.4, 0.5) is 0 Å². The van der Waals surface area contributed by atoms with E-state index in [2.05, 4.69) is 6.92 Å². The van der Waals surface area contributed by atoms with Crippen molar-refractivity contribution in [2.45, 2.75) is 50.3 Å². The molecule has 1 amide bonds. The molecular formula is C26H33Cl2NO5S. The van der Waals surface area contributed by atoms with Crippen LogP contribution in [-0.2, 0) is 30.6 Å². The summed E-state index contributed by atoms with van der Waals surface area (Å²) >= 11 is 12.0. The van der Waals surface area contributed by atoms with Crippen molar-refractivity contribution >= 4 is 44.9 Å². The fraction of sp³-hybridized carbons (Fsp3) is 0.462. The summed E-state index contributed by atoms with van der Waals surface area (Å²) < 4.78 is 31.1. The lowest BCUT2D eigenvalue weighted by Crippen LogP contribution is -2.41. The van der Waals surface area contributed by atoms with Crippen molar-refractivity contribution in [3.8, 4) is 0 Å². The maximum atomic E-state index is 13.7. The zero-order valence-corrected chi connectivity index (χ0v) is 22.5. The highest BCUT2D eigenvalue weighted by Gasteiger charge is 2.31. The average molecular weight is 543 g/mol. The number of rotatable bonds is 14. The van der Waals surface area contributed by atoms with Crippen molar-refractivity contribution < 1.29 is 22.7 Å². The van der Waals surface area contributed by atoms with Crippen molar-refractivity contribution in [3.63, 3.8) is 0 Å². The molecule has 0 aliphatic heterocycles. The predicted molar refractivity (Wildman–Crippen MR) is 140 cm³/mol. The van der Waals surface area contributed by atoms with Gasteiger partial charge in [-0.25, -0.2) is 8.42 Å². The molecule has 1 unspecified atom stereocenters. The number of unbranched alkanes of at least 4 members (excludes halogenated alkanes) is 2. The van der Waals surface area contributed by atoms with Crippen molar-refractivity contribution in [2.24, 2.45) is 5.92 Å². The quantitative estimate of drug-likeness (QED) is 0.229. The van der Waals surface area contributed by atoms with E-state index in [1.807, 2.05) is 30.3 Å². The molecule has 9 heteroatoms. The SMILES string of the molecule is CCCCCN(CCc1ccccc1)C(=O)C(CCC(=O)OC)CS(=O)(=O)c1ccc(Cl)c(Cl)c1. The second-order valence-electron chi connectivity index (χ2n) is 8.44. The first-order chi connectivity index (χ1) is 16.7. The Bertz CT molecular complexity index is 1080. The van der Waals surface area contributed by atoms with E-state index in [9.17, 15) is 18.0 Å². The molecule has 0 bridgehead atoms. The molecule has 0 N–H and O–H groups in total. The second kappa shape index (κ2) is 14.5. The highest BCUT2D eigenvalue weighted by atomic mass is 35.5. The van der Waals surface area contributed by atoms with E-state index in [1.165, 1.54) is 25.3 Å². The maximum Gasteiger partial charge on any atom is 0.305 e. The normalized spacial score (nSPS) is 12.2. The van der Waals surface area contributed by atoms with Crippen LogP contribution < -0.4 is 0 Å². The predicted octanol–water partition coefficient (Wildman–Crippen LogP) is 5.60. The van der Waals surface area contributed by atoms with Crippen LogP contribution in [0.1, 0.15) is 44.6 Å². The first-order valence-electron chi connectivity index (χ1n) is 11.7. The van der Waals surface area contributed by atoms with Gasteiger partial charge in [0.1, 0.15) is 0 Å². The summed E-state index contributed by atoms with van der Waals surface area (Å²) in [4.78, 5) is 27.2. The maximum absolute atomic E-state index is 13.7. The molecule has 6 nitrogen and oxygen atoms in total. The Morgan fingerprint density at radius 1 is 1.00 bits per heavy atom. The third kappa shape index (κ3) is 9.47. The molecule has 192 valence electrons. The number of hydrogen-bond donors (Lipinski definition) is 0. The van der Waals surface area contributed by atoms with Gasteiger partial charge < -0.3 is 9.64 Å². The van der Waals surface area contributed by atoms with Crippen molar-refractivity contribution in [1.82, 2.24) is 4.90 Å². The van der Waals surface area contributed by atoms with E-state index in [1.54, 1.807) is 4.90 Å². The van der Waals surface area contributed by atoms with Gasteiger partial charge in [0, 0.05) is 19.5 Å². The number of ether oxygens (including phenoxy) is 1. The Kier molecular flexibility index (Phi) is 12.0. The van der Waals surface area contributed by atoms with E-state index in [0.29, 0.717) is 19.5 Å². The minimum atomic E-state index is -3.87. The van der Waals surface area contributed by atoms with Crippen LogP contribution >= 0.6 is 23.2 Å². The molecule has 1 atom stereocenters. The summed E-state index contributed by atoms with van der Waals surface area (Å²) in [6.45, 7) is 3.08. The van der Waals surface area contributed by atoms with Gasteiger partial charge in [0.2, 0.25) is 5.91 Å². The lowest BCUT2D eigenvalue weighted by Gasteiger charge is -2.28. The fourth-order valence-electron chi connectivity index (χ4n) is 3.76. The minimum absolute atomic E-state index is 0.00964. The smallest absolute Gasteiger partial charge is 0.305 e. The molecule has 2 aromatic rings. The molecule has 0 aromatic heterocycles. The molecule has 0 aliphatic rings. The molecular weight excluding hydrogens is 509 g/mol. The van der Waals surface area contributed by atoms with Gasteiger partial charge >= 0.3 is 5.97 Å². The second-order valence-corrected chi connectivity index (χ2v) is 11.3. The molecule has 0 saturated carbocycles. The number of carbonyl (C=O) groups is 2. The minimum Gasteiger partial charge on any atom is -0.469 e. The number of carbonyl (C=O) groups excluding carboxylic acids is 2. The largest absolute Gasteiger partial charge is 0.469 e. The van der Waals surface area contributed by atoms with Crippen LogP contribution in [-0.4, -0.2) is 51.1 Å². The third-order valence-corrected chi connectivity index (χ3v) is 8.35. The molecule has 35 heavy (non-hydrogen) atoms. The summed E-state index contributed by atoms with van der Waals surface area (Å²) in [6.07, 6.45) is 3.46. The van der Waals surface area contributed by atoms with E-state index in [-0.39, 0.29) is 33.7 Å². The van der Waals surface area contributed by atoms with Crippen LogP contribution in [0.2, 0.25) is 10.0 Å². The number of sulfone groups is 1. The summed E-state index contributed by atoms with van der Waals surface area (Å²) in [5.41, 5.74) is 1.09. The number of methoxy groups -OCH3 is 1. The Hall–Kier alpha value is -2.09. The number of benzene rings is 2. The first kappa shape index (κ1) is 29.1. The molecule has 0 saturated heterocycles. The van der Waals surface area contributed by atoms with E-state index in [4.69, 9.17) is 27.9 Å². The lowest BCUT2D eigenvalue weighted by molar-refractivity contribution is -0.141. The van der Waals surface area contributed by atoms with Gasteiger partial charge in [0.15, 0.2) is 9.84 Å². The van der Waals surface area contributed by atoms with Gasteiger partial charge in [-0.3, -0.25) is 9.59 Å². The van der Waals surface area contributed by atoms with Crippen molar-refractivity contribution in [1.29, 1.82) is 0 Å². The highest BCUT2D eigenvalue weighted by molar-refractivity contribution is 7.91. The molecule has 0 spiro atoms. The summed E-state index contributed by atoms with van der Waals surface area (Å²) in [7, 11) is -2.60. The average Bonchev–Trinajstić information content (AvgIpc) is 2.85. The standard InChI is InChI=1S/C26H33Cl2NO5S/c1-3-4-8-16-29(17-15-20-9-6-5-7-10-20)26(31)21(11-14-25(30)34-2)19-35(32,33)22-12-13-23(27)24(28)18-22/h5-7,9-10,12-13,18,21H,3-4,8,11,14-17,19H2,1-2H3. The molecule has 0 aliphatic carbocycles. The van der Waals surface area contributed by atoms with Gasteiger partial charge in [-0.15, -0.1) is 0 Å². The Morgan fingerprint density at radius 2 is 1.71 bits per heavy atom. The fourth-order valence-corrected chi connectivity index (χ4v) is 5.72. The zero-order chi connectivity index (χ0) is 25.8. The molecule has 2 rings (SSSR count). The van der Waals surface area contributed by atoms with Crippen LogP contribution in [0.25, 0.3) is 0 Å². The number of halogens is 2. The Labute approximate surface area is 218 Å². The van der Waals surface area contributed by atoms with E-state index >= 15 is 0 Å². The topological polar surface area (TPSA) is 80.8 Å². The van der Waals surface area contributed by atoms with Gasteiger partial charge in [-0.1, -0.05) is 73.3 Å². The van der Waals surface area contributed by atoms with Crippen molar-refractivity contribution in [3.05, 3.63) is 64.1 Å². The van der Waals surface area contributed by atoms with Crippen LogP contribution in [0.3, 0.4) is 0 Å².